The summed E-state index contributed by atoms with van der Waals surface area (Å²) in [5.41, 5.74) is 0. The molecule has 0 saturated heterocycles. The molecule has 52 valence electrons. The topological polar surface area (TPSA) is 52.5 Å². The van der Waals surface area contributed by atoms with Gasteiger partial charge in [0.05, 0.1) is 5.16 Å². The van der Waals surface area contributed by atoms with Gasteiger partial charge in [0.15, 0.2) is 0 Å². The number of hydrogen-bond acceptors (Lipinski definition) is 4. The fraction of sp³-hybridized carbons (Fsp3) is 0.600. The summed E-state index contributed by atoms with van der Waals surface area (Å²) in [5, 5.41) is 11.1. The molecule has 0 N–H and O–H groups in total. The van der Waals surface area contributed by atoms with Crippen LogP contribution in [0.2, 0.25) is 0 Å². The van der Waals surface area contributed by atoms with Crippen LogP contribution < -0.4 is 24.0 Å². The van der Waals surface area contributed by atoms with Crippen LogP contribution >= 0.6 is 12.2 Å². The Bertz CT molecular complexity index is 119. The van der Waals surface area contributed by atoms with Crippen molar-refractivity contribution < 1.29 is 28.8 Å². The maximum absolute atomic E-state index is 8.89. The van der Waals surface area contributed by atoms with Gasteiger partial charge in [-0.05, 0) is 26.1 Å². The fourth-order valence-electron chi connectivity index (χ4n) is 0.0645. The molecular weight excluding hydrogens is 145 g/mol. The molecule has 0 atom stereocenters. The van der Waals surface area contributed by atoms with Crippen LogP contribution in [0.3, 0.4) is 0 Å². The number of isothiocyanates is 1. The van der Waals surface area contributed by atoms with Crippen molar-refractivity contribution in [1.82, 2.24) is 0 Å². The summed E-state index contributed by atoms with van der Waals surface area (Å²) in [4.78, 5) is 12.4. The molecule has 0 aliphatic heterocycles. The predicted octanol–water partition coefficient (Wildman–Crippen LogP) is -3.13. The number of carboxylic acids is 1. The van der Waals surface area contributed by atoms with Gasteiger partial charge < -0.3 is 9.90 Å². The van der Waals surface area contributed by atoms with Gasteiger partial charge in [-0.1, -0.05) is 0 Å². The molecule has 0 amide bonds. The molecule has 0 fully saturated rings. The summed E-state index contributed by atoms with van der Waals surface area (Å²) in [7, 11) is 0. The zero-order valence-electron chi connectivity index (χ0n) is 6.38. The molecule has 0 aromatic heterocycles. The Balaban J connectivity index is -0.0000000910. The normalized spacial score (nSPS) is 5.40. The number of aliphatic carboxylic acids is 1. The van der Waals surface area contributed by atoms with Crippen LogP contribution in [-0.2, 0) is 4.79 Å². The Hall–Kier alpha value is -0.133. The van der Waals surface area contributed by atoms with Gasteiger partial charge >= 0.3 is 18.9 Å². The summed E-state index contributed by atoms with van der Waals surface area (Å²) in [5.74, 6) is -1.08. The first-order valence-electron chi connectivity index (χ1n) is 2.36. The van der Waals surface area contributed by atoms with Crippen LogP contribution in [0.4, 0.5) is 0 Å². The molecule has 3 nitrogen and oxygen atoms in total. The van der Waals surface area contributed by atoms with Crippen LogP contribution in [0.15, 0.2) is 4.99 Å². The maximum atomic E-state index is 8.89. The second-order valence-corrected chi connectivity index (χ2v) is 1.24. The molecule has 0 aliphatic carbocycles. The van der Waals surface area contributed by atoms with Crippen molar-refractivity contribution in [3.63, 3.8) is 0 Å². The van der Waals surface area contributed by atoms with E-state index in [1.165, 1.54) is 0 Å². The van der Waals surface area contributed by atoms with Crippen molar-refractivity contribution in [1.29, 1.82) is 0 Å². The van der Waals surface area contributed by atoms with Crippen LogP contribution in [0.1, 0.15) is 13.8 Å². The van der Waals surface area contributed by atoms with E-state index in [1.807, 2.05) is 6.92 Å². The summed E-state index contributed by atoms with van der Waals surface area (Å²) in [6.07, 6.45) is 0. The largest absolute Gasteiger partial charge is 1.00 e. The molecule has 0 heterocycles. The number of thiocarbonyl (C=S) groups is 1. The number of aliphatic imine (C=N–C) groups is 1. The van der Waals surface area contributed by atoms with Gasteiger partial charge in [-0.15, -0.1) is 0 Å². The van der Waals surface area contributed by atoms with Gasteiger partial charge in [-0.25, -0.2) is 4.99 Å². The van der Waals surface area contributed by atoms with Crippen molar-refractivity contribution >= 4 is 23.3 Å². The molecule has 0 rings (SSSR count). The number of rotatable bonds is 1. The number of carboxylic acid groups (broad SMARTS) is 1. The average Bonchev–Trinajstić information content (AvgIpc) is 1.66. The zero-order valence-corrected chi connectivity index (χ0v) is 7.20. The minimum absolute atomic E-state index is 0. The molecular formula is C5H8LiNO2S. The summed E-state index contributed by atoms with van der Waals surface area (Å²) >= 11 is 4.23. The van der Waals surface area contributed by atoms with E-state index in [4.69, 9.17) is 9.90 Å². The van der Waals surface area contributed by atoms with Crippen molar-refractivity contribution in [2.24, 2.45) is 4.99 Å². The Kier molecular flexibility index (Phi) is 26.2. The van der Waals surface area contributed by atoms with Gasteiger partial charge in [0.25, 0.3) is 0 Å². The van der Waals surface area contributed by atoms with Gasteiger partial charge in [0.2, 0.25) is 0 Å². The van der Waals surface area contributed by atoms with Crippen LogP contribution in [-0.4, -0.2) is 17.7 Å². The van der Waals surface area contributed by atoms with Crippen LogP contribution in [0.5, 0.6) is 0 Å². The maximum Gasteiger partial charge on any atom is 1.00 e. The predicted molar refractivity (Wildman–Crippen MR) is 36.2 cm³/mol. The first kappa shape index (κ1) is 16.5. The van der Waals surface area contributed by atoms with Crippen molar-refractivity contribution in [3.8, 4) is 0 Å². The summed E-state index contributed by atoms with van der Waals surface area (Å²) in [6.45, 7) is 3.64. The van der Waals surface area contributed by atoms with Gasteiger partial charge in [-0.3, -0.25) is 0 Å². The van der Waals surface area contributed by atoms with E-state index in [2.05, 4.69) is 22.4 Å². The molecule has 0 bridgehead atoms. The first-order chi connectivity index (χ1) is 4.15. The van der Waals surface area contributed by atoms with Gasteiger partial charge in [-0.2, -0.15) is 0 Å². The molecule has 0 unspecified atom stereocenters. The van der Waals surface area contributed by atoms with Gasteiger partial charge in [0, 0.05) is 12.5 Å². The minimum atomic E-state index is -1.08. The Labute approximate surface area is 77.7 Å². The second kappa shape index (κ2) is 15.9. The summed E-state index contributed by atoms with van der Waals surface area (Å²) < 4.78 is 0. The first-order valence-corrected chi connectivity index (χ1v) is 2.77. The van der Waals surface area contributed by atoms with E-state index in [9.17, 15) is 0 Å². The molecule has 0 aromatic rings. The third kappa shape index (κ3) is 106. The van der Waals surface area contributed by atoms with Crippen molar-refractivity contribution in [2.75, 3.05) is 6.54 Å². The zero-order chi connectivity index (χ0) is 7.70. The molecule has 0 saturated carbocycles. The second-order valence-electron chi connectivity index (χ2n) is 1.06. The summed E-state index contributed by atoms with van der Waals surface area (Å²) in [6, 6.07) is 0. The Morgan fingerprint density at radius 3 is 2.10 bits per heavy atom. The number of nitrogens with zero attached hydrogens (tertiary/aromatic N) is 1. The third-order valence-corrected chi connectivity index (χ3v) is 0.352. The fourth-order valence-corrected chi connectivity index (χ4v) is 0.194. The van der Waals surface area contributed by atoms with E-state index < -0.39 is 5.97 Å². The van der Waals surface area contributed by atoms with E-state index >= 15 is 0 Å². The Morgan fingerprint density at radius 1 is 1.80 bits per heavy atom. The number of carbonyl (C=O) groups is 1. The van der Waals surface area contributed by atoms with Crippen molar-refractivity contribution in [3.05, 3.63) is 0 Å². The van der Waals surface area contributed by atoms with Crippen molar-refractivity contribution in [2.45, 2.75) is 13.8 Å². The van der Waals surface area contributed by atoms with Gasteiger partial charge in [0.1, 0.15) is 0 Å². The standard InChI is InChI=1S/C3H5NS.C2H4O2.Li/c1-2-4-3-5;1-2(3)4;/h2H2,1H3;1H3,(H,3,4);/q;;+1/p-1. The molecule has 0 aliphatic rings. The molecule has 0 radical (unpaired) electrons. The SMILES string of the molecule is CC(=O)[O-].CCN=C=S.[Li+]. The average molecular weight is 153 g/mol. The van der Waals surface area contributed by atoms with Crippen LogP contribution in [0.25, 0.3) is 0 Å². The Morgan fingerprint density at radius 2 is 2.10 bits per heavy atom. The molecule has 0 aromatic carbocycles. The van der Waals surface area contributed by atoms with E-state index in [0.29, 0.717) is 0 Å². The van der Waals surface area contributed by atoms with E-state index in [0.717, 1.165) is 13.5 Å². The molecule has 5 heteroatoms. The number of hydrogen-bond donors (Lipinski definition) is 0. The van der Waals surface area contributed by atoms with E-state index in [-0.39, 0.29) is 18.9 Å². The number of carbonyl (C=O) groups excluding carboxylic acids is 1. The smallest absolute Gasteiger partial charge is 0.550 e. The van der Waals surface area contributed by atoms with E-state index in [1.54, 1.807) is 0 Å². The quantitative estimate of drug-likeness (QED) is 0.227. The molecule has 0 spiro atoms. The third-order valence-electron chi connectivity index (χ3n) is 0.223. The molecule has 10 heavy (non-hydrogen) atoms. The minimum Gasteiger partial charge on any atom is -0.550 e. The van der Waals surface area contributed by atoms with Crippen LogP contribution in [0, 0.1) is 0 Å². The monoisotopic (exact) mass is 153 g/mol.